The highest BCUT2D eigenvalue weighted by Crippen LogP contribution is 2.31. The predicted octanol–water partition coefficient (Wildman–Crippen LogP) is 0.732. The van der Waals surface area contributed by atoms with Crippen molar-refractivity contribution in [3.8, 4) is 0 Å². The number of benzene rings is 1. The van der Waals surface area contributed by atoms with Gasteiger partial charge in [-0.3, -0.25) is 29.4 Å². The fourth-order valence-corrected chi connectivity index (χ4v) is 3.60. The molecule has 0 unspecified atom stereocenters. The summed E-state index contributed by atoms with van der Waals surface area (Å²) in [6.45, 7) is 2.62. The first-order valence-electron chi connectivity index (χ1n) is 8.44. The maximum Gasteiger partial charge on any atom is 0.274 e. The standard InChI is InChI=1S/C17H20N4O5/c1-10-2-3-12(8-13(10)21(25)26)20-15(22)9-14(17(20)24)19-6-4-11(5-7-19)16(18)23/h2-3,8,11,14H,4-7,9H2,1H3,(H2,18,23)/t14-/m0/s1. The van der Waals surface area contributed by atoms with Crippen molar-refractivity contribution < 1.29 is 19.3 Å². The Balaban J connectivity index is 1.79. The van der Waals surface area contributed by atoms with E-state index in [1.54, 1.807) is 13.0 Å². The number of hydrogen-bond acceptors (Lipinski definition) is 6. The Morgan fingerprint density at radius 1 is 1.27 bits per heavy atom. The lowest BCUT2D eigenvalue weighted by atomic mass is 9.95. The van der Waals surface area contributed by atoms with Gasteiger partial charge < -0.3 is 5.73 Å². The number of aryl methyl sites for hydroxylation is 1. The van der Waals surface area contributed by atoms with Gasteiger partial charge in [0.1, 0.15) is 0 Å². The van der Waals surface area contributed by atoms with Crippen LogP contribution in [0.2, 0.25) is 0 Å². The molecule has 0 radical (unpaired) electrons. The number of likely N-dealkylation sites (tertiary alicyclic amines) is 1. The van der Waals surface area contributed by atoms with Crippen molar-refractivity contribution in [3.05, 3.63) is 33.9 Å². The summed E-state index contributed by atoms with van der Waals surface area (Å²) in [7, 11) is 0. The van der Waals surface area contributed by atoms with Crippen LogP contribution < -0.4 is 10.6 Å². The molecule has 2 aliphatic heterocycles. The minimum absolute atomic E-state index is 0.0295. The molecule has 0 aromatic heterocycles. The van der Waals surface area contributed by atoms with Crippen LogP contribution in [0.25, 0.3) is 0 Å². The molecule has 2 fully saturated rings. The highest BCUT2D eigenvalue weighted by Gasteiger charge is 2.44. The van der Waals surface area contributed by atoms with E-state index in [2.05, 4.69) is 0 Å². The number of imide groups is 1. The molecule has 1 aromatic rings. The van der Waals surface area contributed by atoms with Gasteiger partial charge in [-0.25, -0.2) is 4.90 Å². The second-order valence-corrected chi connectivity index (χ2v) is 6.73. The van der Waals surface area contributed by atoms with Crippen LogP contribution in [-0.2, 0) is 14.4 Å². The molecule has 1 atom stereocenters. The Kier molecular flexibility index (Phi) is 4.73. The summed E-state index contributed by atoms with van der Waals surface area (Å²) in [6.07, 6.45) is 1.15. The molecule has 2 heterocycles. The lowest BCUT2D eigenvalue weighted by molar-refractivity contribution is -0.385. The van der Waals surface area contributed by atoms with Gasteiger partial charge in [0.2, 0.25) is 11.8 Å². The van der Waals surface area contributed by atoms with Crippen LogP contribution in [0.3, 0.4) is 0 Å². The van der Waals surface area contributed by atoms with E-state index in [4.69, 9.17) is 5.73 Å². The van der Waals surface area contributed by atoms with E-state index in [-0.39, 0.29) is 41.4 Å². The Morgan fingerprint density at radius 3 is 2.50 bits per heavy atom. The van der Waals surface area contributed by atoms with Crippen LogP contribution >= 0.6 is 0 Å². The molecule has 2 N–H and O–H groups in total. The summed E-state index contributed by atoms with van der Waals surface area (Å²) in [5, 5.41) is 11.1. The smallest absolute Gasteiger partial charge is 0.274 e. The molecule has 0 spiro atoms. The lowest BCUT2D eigenvalue weighted by Gasteiger charge is -2.33. The van der Waals surface area contributed by atoms with Crippen LogP contribution in [-0.4, -0.2) is 46.7 Å². The second kappa shape index (κ2) is 6.83. The molecule has 2 saturated heterocycles. The highest BCUT2D eigenvalue weighted by atomic mass is 16.6. The fourth-order valence-electron chi connectivity index (χ4n) is 3.60. The van der Waals surface area contributed by atoms with E-state index in [1.165, 1.54) is 12.1 Å². The Hall–Kier alpha value is -2.81. The number of nitrogens with two attached hydrogens (primary N) is 1. The van der Waals surface area contributed by atoms with Crippen LogP contribution in [0.1, 0.15) is 24.8 Å². The number of carbonyl (C=O) groups is 3. The molecular weight excluding hydrogens is 340 g/mol. The topological polar surface area (TPSA) is 127 Å². The molecule has 9 heteroatoms. The van der Waals surface area contributed by atoms with E-state index in [9.17, 15) is 24.5 Å². The Labute approximate surface area is 149 Å². The maximum atomic E-state index is 12.8. The van der Waals surface area contributed by atoms with E-state index in [0.717, 1.165) is 4.90 Å². The Morgan fingerprint density at radius 2 is 1.92 bits per heavy atom. The summed E-state index contributed by atoms with van der Waals surface area (Å²) in [6, 6.07) is 3.73. The number of hydrogen-bond donors (Lipinski definition) is 1. The van der Waals surface area contributed by atoms with Crippen LogP contribution in [0.15, 0.2) is 18.2 Å². The third kappa shape index (κ3) is 3.17. The molecule has 1 aromatic carbocycles. The number of primary amides is 1. The molecule has 9 nitrogen and oxygen atoms in total. The average Bonchev–Trinajstić information content (AvgIpc) is 2.90. The number of piperidine rings is 1. The minimum Gasteiger partial charge on any atom is -0.369 e. The number of carbonyl (C=O) groups excluding carboxylic acids is 3. The molecule has 26 heavy (non-hydrogen) atoms. The zero-order valence-electron chi connectivity index (χ0n) is 14.4. The molecule has 0 aliphatic carbocycles. The van der Waals surface area contributed by atoms with Crippen LogP contribution in [0.5, 0.6) is 0 Å². The van der Waals surface area contributed by atoms with Gasteiger partial charge in [0, 0.05) is 17.5 Å². The SMILES string of the molecule is Cc1ccc(N2C(=O)C[C@H](N3CCC(C(N)=O)CC3)C2=O)cc1[N+](=O)[O-]. The van der Waals surface area contributed by atoms with Gasteiger partial charge in [-0.15, -0.1) is 0 Å². The maximum absolute atomic E-state index is 12.8. The predicted molar refractivity (Wildman–Crippen MR) is 92.2 cm³/mol. The highest BCUT2D eigenvalue weighted by molar-refractivity contribution is 6.22. The lowest BCUT2D eigenvalue weighted by Crippen LogP contribution is -2.47. The zero-order valence-corrected chi connectivity index (χ0v) is 14.4. The van der Waals surface area contributed by atoms with Crippen molar-refractivity contribution >= 4 is 29.1 Å². The van der Waals surface area contributed by atoms with Gasteiger partial charge in [0.15, 0.2) is 0 Å². The number of nitro benzene ring substituents is 1. The molecule has 2 aliphatic rings. The second-order valence-electron chi connectivity index (χ2n) is 6.73. The quantitative estimate of drug-likeness (QED) is 0.479. The summed E-state index contributed by atoms with van der Waals surface area (Å²) in [5.74, 6) is -1.30. The van der Waals surface area contributed by atoms with E-state index >= 15 is 0 Å². The number of anilines is 1. The third-order valence-corrected chi connectivity index (χ3v) is 5.14. The molecule has 3 amide bonds. The van der Waals surface area contributed by atoms with Crippen molar-refractivity contribution in [1.29, 1.82) is 0 Å². The van der Waals surface area contributed by atoms with Crippen LogP contribution in [0, 0.1) is 23.0 Å². The first-order chi connectivity index (χ1) is 12.3. The molecular formula is C17H20N4O5. The van der Waals surface area contributed by atoms with Gasteiger partial charge in [0.25, 0.3) is 11.6 Å². The van der Waals surface area contributed by atoms with Crippen molar-refractivity contribution in [1.82, 2.24) is 4.90 Å². The molecule has 138 valence electrons. The zero-order chi connectivity index (χ0) is 19.0. The molecule has 0 saturated carbocycles. The van der Waals surface area contributed by atoms with E-state index in [0.29, 0.717) is 31.5 Å². The summed E-state index contributed by atoms with van der Waals surface area (Å²) in [5.41, 5.74) is 5.87. The monoisotopic (exact) mass is 360 g/mol. The van der Waals surface area contributed by atoms with Crippen molar-refractivity contribution in [2.24, 2.45) is 11.7 Å². The van der Waals surface area contributed by atoms with Crippen molar-refractivity contribution in [3.63, 3.8) is 0 Å². The van der Waals surface area contributed by atoms with Gasteiger partial charge in [-0.05, 0) is 38.9 Å². The minimum atomic E-state index is -0.600. The normalized spacial score (nSPS) is 22.0. The first-order valence-corrected chi connectivity index (χ1v) is 8.44. The third-order valence-electron chi connectivity index (χ3n) is 5.14. The van der Waals surface area contributed by atoms with Crippen LogP contribution in [0.4, 0.5) is 11.4 Å². The van der Waals surface area contributed by atoms with E-state index < -0.39 is 11.0 Å². The number of nitro groups is 1. The Bertz CT molecular complexity index is 785. The number of nitrogens with zero attached hydrogens (tertiary/aromatic N) is 3. The van der Waals surface area contributed by atoms with Gasteiger partial charge >= 0.3 is 0 Å². The fraction of sp³-hybridized carbons (Fsp3) is 0.471. The average molecular weight is 360 g/mol. The summed E-state index contributed by atoms with van der Waals surface area (Å²) in [4.78, 5) is 50.0. The summed E-state index contributed by atoms with van der Waals surface area (Å²) >= 11 is 0. The molecule has 3 rings (SSSR count). The number of amides is 3. The van der Waals surface area contributed by atoms with Crippen molar-refractivity contribution in [2.45, 2.75) is 32.2 Å². The summed E-state index contributed by atoms with van der Waals surface area (Å²) < 4.78 is 0. The van der Waals surface area contributed by atoms with Crippen molar-refractivity contribution in [2.75, 3.05) is 18.0 Å². The molecule has 0 bridgehead atoms. The van der Waals surface area contributed by atoms with Gasteiger partial charge in [-0.1, -0.05) is 6.07 Å². The largest absolute Gasteiger partial charge is 0.369 e. The number of rotatable bonds is 4. The van der Waals surface area contributed by atoms with E-state index in [1.807, 2.05) is 4.90 Å². The van der Waals surface area contributed by atoms with Gasteiger partial charge in [-0.2, -0.15) is 0 Å². The van der Waals surface area contributed by atoms with Gasteiger partial charge in [0.05, 0.1) is 23.1 Å². The first kappa shape index (κ1) is 18.0.